The first-order chi connectivity index (χ1) is 14.0. The number of para-hydroxylation sites is 1. The fourth-order valence-corrected chi connectivity index (χ4v) is 4.94. The largest absolute Gasteiger partial charge is 0.357 e. The molecule has 0 aliphatic carbocycles. The SMILES string of the molecule is CN1C(=O)CC(N2CCc3c([nH]c4ccccc34)C2c2c(F)cccc2Cl)C1=O. The van der Waals surface area contributed by atoms with Crippen LogP contribution in [0.25, 0.3) is 10.9 Å². The summed E-state index contributed by atoms with van der Waals surface area (Å²) in [5.74, 6) is -0.906. The molecular formula is C22H19ClFN3O2. The van der Waals surface area contributed by atoms with E-state index in [0.717, 1.165) is 27.1 Å². The topological polar surface area (TPSA) is 56.4 Å². The van der Waals surface area contributed by atoms with Gasteiger partial charge in [-0.05, 0) is 30.2 Å². The number of likely N-dealkylation sites (N-methyl/N-ethyl adjacent to an activating group) is 1. The summed E-state index contributed by atoms with van der Waals surface area (Å²) in [6.45, 7) is 0.529. The van der Waals surface area contributed by atoms with Gasteiger partial charge in [-0.15, -0.1) is 0 Å². The van der Waals surface area contributed by atoms with E-state index < -0.39 is 17.9 Å². The average molecular weight is 412 g/mol. The Morgan fingerprint density at radius 1 is 1.14 bits per heavy atom. The van der Waals surface area contributed by atoms with Crippen molar-refractivity contribution in [3.05, 3.63) is 70.1 Å². The molecule has 3 aromatic rings. The predicted molar refractivity (Wildman–Crippen MR) is 108 cm³/mol. The minimum atomic E-state index is -0.632. The molecule has 2 aromatic carbocycles. The number of likely N-dealkylation sites (tertiary alicyclic amines) is 1. The number of amides is 2. The summed E-state index contributed by atoms with van der Waals surface area (Å²) in [6.07, 6.45) is 0.789. The van der Waals surface area contributed by atoms with E-state index in [-0.39, 0.29) is 18.2 Å². The van der Waals surface area contributed by atoms with Gasteiger partial charge in [-0.25, -0.2) is 4.39 Å². The molecule has 1 saturated heterocycles. The van der Waals surface area contributed by atoms with E-state index in [9.17, 15) is 9.59 Å². The Bertz CT molecular complexity index is 1140. The lowest BCUT2D eigenvalue weighted by Crippen LogP contribution is -2.47. The van der Waals surface area contributed by atoms with Crippen LogP contribution in [-0.2, 0) is 16.0 Å². The van der Waals surface area contributed by atoms with Gasteiger partial charge in [0.2, 0.25) is 11.8 Å². The van der Waals surface area contributed by atoms with Crippen LogP contribution in [0.2, 0.25) is 5.02 Å². The molecule has 0 spiro atoms. The normalized spacial score (nSPS) is 22.5. The first-order valence-corrected chi connectivity index (χ1v) is 9.94. The van der Waals surface area contributed by atoms with Gasteiger partial charge >= 0.3 is 0 Å². The summed E-state index contributed by atoms with van der Waals surface area (Å²) in [5, 5.41) is 1.39. The van der Waals surface area contributed by atoms with Crippen molar-refractivity contribution >= 4 is 34.3 Å². The predicted octanol–water partition coefficient (Wildman–Crippen LogP) is 3.67. The fourth-order valence-electron chi connectivity index (χ4n) is 4.67. The van der Waals surface area contributed by atoms with Crippen LogP contribution in [0.4, 0.5) is 4.39 Å². The molecule has 0 radical (unpaired) electrons. The highest BCUT2D eigenvalue weighted by atomic mass is 35.5. The lowest BCUT2D eigenvalue weighted by molar-refractivity contribution is -0.138. The molecule has 0 saturated carbocycles. The second kappa shape index (κ2) is 6.68. The van der Waals surface area contributed by atoms with E-state index in [4.69, 9.17) is 11.6 Å². The molecule has 29 heavy (non-hydrogen) atoms. The van der Waals surface area contributed by atoms with Gasteiger partial charge < -0.3 is 4.98 Å². The van der Waals surface area contributed by atoms with Crippen molar-refractivity contribution in [3.8, 4) is 0 Å². The highest BCUT2D eigenvalue weighted by molar-refractivity contribution is 6.31. The number of hydrogen-bond acceptors (Lipinski definition) is 3. The number of imide groups is 1. The lowest BCUT2D eigenvalue weighted by atomic mass is 9.90. The molecule has 5 rings (SSSR count). The van der Waals surface area contributed by atoms with Crippen molar-refractivity contribution in [2.24, 2.45) is 0 Å². The highest BCUT2D eigenvalue weighted by Gasteiger charge is 2.46. The highest BCUT2D eigenvalue weighted by Crippen LogP contribution is 2.43. The second-order valence-electron chi connectivity index (χ2n) is 7.60. The Balaban J connectivity index is 1.72. The van der Waals surface area contributed by atoms with Crippen molar-refractivity contribution in [2.75, 3.05) is 13.6 Å². The Hall–Kier alpha value is -2.70. The minimum Gasteiger partial charge on any atom is -0.357 e. The van der Waals surface area contributed by atoms with Crippen molar-refractivity contribution in [1.82, 2.24) is 14.8 Å². The third kappa shape index (κ3) is 2.70. The molecule has 1 aromatic heterocycles. The van der Waals surface area contributed by atoms with E-state index >= 15 is 4.39 Å². The number of benzene rings is 2. The standard InChI is InChI=1S/C22H19ClFN3O2/c1-26-18(28)11-17(22(26)29)27-10-9-13-12-5-2-3-8-16(12)25-20(13)21(27)19-14(23)6-4-7-15(19)24/h2-8,17,21,25H,9-11H2,1H3. The molecule has 5 nitrogen and oxygen atoms in total. The first-order valence-electron chi connectivity index (χ1n) is 9.57. The molecule has 2 atom stereocenters. The molecule has 3 heterocycles. The number of fused-ring (bicyclic) bond motifs is 3. The van der Waals surface area contributed by atoms with Crippen molar-refractivity contribution in [1.29, 1.82) is 0 Å². The maximum Gasteiger partial charge on any atom is 0.246 e. The molecule has 2 amide bonds. The molecule has 2 aliphatic rings. The number of aromatic nitrogens is 1. The van der Waals surface area contributed by atoms with Crippen LogP contribution in [-0.4, -0.2) is 46.2 Å². The zero-order valence-corrected chi connectivity index (χ0v) is 16.5. The minimum absolute atomic E-state index is 0.0907. The van der Waals surface area contributed by atoms with Gasteiger partial charge in [0.05, 0.1) is 18.5 Å². The number of carbonyl (C=O) groups excluding carboxylic acids is 2. The van der Waals surface area contributed by atoms with Crippen LogP contribution in [0.15, 0.2) is 42.5 Å². The average Bonchev–Trinajstić information content (AvgIpc) is 3.21. The van der Waals surface area contributed by atoms with Gasteiger partial charge in [0.25, 0.3) is 0 Å². The van der Waals surface area contributed by atoms with Crippen molar-refractivity contribution in [2.45, 2.75) is 24.9 Å². The van der Waals surface area contributed by atoms with E-state index in [0.29, 0.717) is 23.6 Å². The van der Waals surface area contributed by atoms with Gasteiger partial charge in [-0.3, -0.25) is 19.4 Å². The van der Waals surface area contributed by atoms with Crippen LogP contribution >= 0.6 is 11.6 Å². The zero-order chi connectivity index (χ0) is 20.3. The number of aromatic amines is 1. The Morgan fingerprint density at radius 3 is 2.66 bits per heavy atom. The van der Waals surface area contributed by atoms with Gasteiger partial charge in [0, 0.05) is 40.8 Å². The molecule has 1 fully saturated rings. The number of carbonyl (C=O) groups is 2. The summed E-state index contributed by atoms with van der Waals surface area (Å²) in [7, 11) is 1.49. The number of nitrogens with zero attached hydrogens (tertiary/aromatic N) is 2. The molecule has 1 N–H and O–H groups in total. The van der Waals surface area contributed by atoms with Crippen LogP contribution < -0.4 is 0 Å². The van der Waals surface area contributed by atoms with Crippen molar-refractivity contribution < 1.29 is 14.0 Å². The third-order valence-corrected chi connectivity index (χ3v) is 6.43. The third-order valence-electron chi connectivity index (χ3n) is 6.10. The molecular weight excluding hydrogens is 393 g/mol. The maximum absolute atomic E-state index is 15.0. The van der Waals surface area contributed by atoms with E-state index in [1.54, 1.807) is 12.1 Å². The monoisotopic (exact) mass is 411 g/mol. The molecule has 2 unspecified atom stereocenters. The van der Waals surface area contributed by atoms with Crippen LogP contribution in [0.3, 0.4) is 0 Å². The zero-order valence-electron chi connectivity index (χ0n) is 15.8. The van der Waals surface area contributed by atoms with Crippen LogP contribution in [0, 0.1) is 5.82 Å². The number of hydrogen-bond donors (Lipinski definition) is 1. The number of nitrogens with one attached hydrogen (secondary N) is 1. The molecule has 7 heteroatoms. The Kier molecular flexibility index (Phi) is 4.22. The fraction of sp³-hybridized carbons (Fsp3) is 0.273. The van der Waals surface area contributed by atoms with Crippen LogP contribution in [0.1, 0.15) is 29.3 Å². The number of halogens is 2. The summed E-state index contributed by atoms with van der Waals surface area (Å²) >= 11 is 6.45. The Labute approximate surface area is 172 Å². The molecule has 0 bridgehead atoms. The Morgan fingerprint density at radius 2 is 1.93 bits per heavy atom. The van der Waals surface area contributed by atoms with Crippen molar-refractivity contribution in [3.63, 3.8) is 0 Å². The van der Waals surface area contributed by atoms with Gasteiger partial charge in [-0.1, -0.05) is 35.9 Å². The van der Waals surface area contributed by atoms with E-state index in [1.807, 2.05) is 29.2 Å². The summed E-state index contributed by atoms with van der Waals surface area (Å²) in [5.41, 5.74) is 3.23. The van der Waals surface area contributed by atoms with Gasteiger partial charge in [0.15, 0.2) is 0 Å². The quantitative estimate of drug-likeness (QED) is 0.655. The molecule has 148 valence electrons. The van der Waals surface area contributed by atoms with Gasteiger partial charge in [0.1, 0.15) is 5.82 Å². The summed E-state index contributed by atoms with van der Waals surface area (Å²) < 4.78 is 15.0. The summed E-state index contributed by atoms with van der Waals surface area (Å²) in [6, 6.07) is 11.3. The lowest BCUT2D eigenvalue weighted by Gasteiger charge is -2.39. The van der Waals surface area contributed by atoms with E-state index in [1.165, 1.54) is 13.1 Å². The van der Waals surface area contributed by atoms with Gasteiger partial charge in [-0.2, -0.15) is 0 Å². The molecule has 2 aliphatic heterocycles. The van der Waals surface area contributed by atoms with E-state index in [2.05, 4.69) is 4.98 Å². The number of rotatable bonds is 2. The second-order valence-corrected chi connectivity index (χ2v) is 8.01. The maximum atomic E-state index is 15.0. The first kappa shape index (κ1) is 18.3. The smallest absolute Gasteiger partial charge is 0.246 e. The number of H-pyrrole nitrogens is 1. The van der Waals surface area contributed by atoms with Crippen LogP contribution in [0.5, 0.6) is 0 Å². The summed E-state index contributed by atoms with van der Waals surface area (Å²) in [4.78, 5) is 31.5.